The molecule has 1 amide bonds. The standard InChI is InChI=1S/C19H22F2N6OS/c1-10(2)26-16(23-24-19(26)29)7-8-22-18(28)17-11(3)25-27(12(17)4)15-6-5-13(20)9-14(15)21/h5-6,9-10H,7-8H2,1-4H3,(H,22,28)(H,24,29). The van der Waals surface area contributed by atoms with E-state index in [1.165, 1.54) is 10.7 Å². The molecule has 3 aromatic rings. The molecule has 0 aliphatic carbocycles. The highest BCUT2D eigenvalue weighted by Crippen LogP contribution is 2.21. The Morgan fingerprint density at radius 1 is 1.31 bits per heavy atom. The number of carbonyl (C=O) groups excluding carboxylic acids is 1. The molecule has 10 heteroatoms. The zero-order chi connectivity index (χ0) is 21.3. The van der Waals surface area contributed by atoms with Crippen molar-refractivity contribution >= 4 is 18.1 Å². The van der Waals surface area contributed by atoms with Gasteiger partial charge in [0.05, 0.1) is 17.0 Å². The Bertz CT molecular complexity index is 1110. The third kappa shape index (κ3) is 4.12. The number of hydrogen-bond acceptors (Lipinski definition) is 4. The molecule has 2 aromatic heterocycles. The van der Waals surface area contributed by atoms with E-state index in [0.29, 0.717) is 34.7 Å². The highest BCUT2D eigenvalue weighted by atomic mass is 32.1. The molecule has 0 fully saturated rings. The fourth-order valence-electron chi connectivity index (χ4n) is 3.28. The van der Waals surface area contributed by atoms with E-state index in [-0.39, 0.29) is 17.6 Å². The molecule has 0 saturated carbocycles. The van der Waals surface area contributed by atoms with Crippen LogP contribution in [0.3, 0.4) is 0 Å². The molecular weight excluding hydrogens is 398 g/mol. The highest BCUT2D eigenvalue weighted by molar-refractivity contribution is 7.71. The summed E-state index contributed by atoms with van der Waals surface area (Å²) in [6.07, 6.45) is 0.496. The van der Waals surface area contributed by atoms with E-state index < -0.39 is 11.6 Å². The zero-order valence-corrected chi connectivity index (χ0v) is 17.4. The van der Waals surface area contributed by atoms with Gasteiger partial charge in [0, 0.05) is 25.1 Å². The number of rotatable bonds is 6. The van der Waals surface area contributed by atoms with E-state index in [9.17, 15) is 13.6 Å². The number of aryl methyl sites for hydroxylation is 1. The Kier molecular flexibility index (Phi) is 5.92. The minimum absolute atomic E-state index is 0.0820. The predicted molar refractivity (Wildman–Crippen MR) is 107 cm³/mol. The second-order valence-corrected chi connectivity index (χ2v) is 7.35. The lowest BCUT2D eigenvalue weighted by Gasteiger charge is -2.11. The van der Waals surface area contributed by atoms with Crippen LogP contribution in [0, 0.1) is 30.3 Å². The van der Waals surface area contributed by atoms with Crippen LogP contribution in [0.15, 0.2) is 18.2 Å². The lowest BCUT2D eigenvalue weighted by atomic mass is 10.1. The van der Waals surface area contributed by atoms with Crippen molar-refractivity contribution < 1.29 is 13.6 Å². The van der Waals surface area contributed by atoms with Gasteiger partial charge < -0.3 is 9.88 Å². The first-order valence-electron chi connectivity index (χ1n) is 9.16. The second-order valence-electron chi connectivity index (χ2n) is 6.97. The van der Waals surface area contributed by atoms with Crippen LogP contribution in [0.4, 0.5) is 8.78 Å². The highest BCUT2D eigenvalue weighted by Gasteiger charge is 2.21. The topological polar surface area (TPSA) is 80.5 Å². The van der Waals surface area contributed by atoms with Crippen LogP contribution in [0.2, 0.25) is 0 Å². The molecular formula is C19H22F2N6OS. The van der Waals surface area contributed by atoms with Crippen LogP contribution in [-0.2, 0) is 6.42 Å². The Labute approximate surface area is 171 Å². The van der Waals surface area contributed by atoms with Gasteiger partial charge in [-0.15, -0.1) is 0 Å². The van der Waals surface area contributed by atoms with Gasteiger partial charge in [-0.25, -0.2) is 13.5 Å². The molecule has 0 unspecified atom stereocenters. The number of nitrogens with zero attached hydrogens (tertiary/aromatic N) is 4. The number of hydrogen-bond donors (Lipinski definition) is 2. The van der Waals surface area contributed by atoms with Gasteiger partial charge in [-0.2, -0.15) is 10.2 Å². The summed E-state index contributed by atoms with van der Waals surface area (Å²) in [6, 6.07) is 3.38. The Morgan fingerprint density at radius 2 is 2.03 bits per heavy atom. The van der Waals surface area contributed by atoms with Crippen LogP contribution in [0.25, 0.3) is 5.69 Å². The van der Waals surface area contributed by atoms with Crippen molar-refractivity contribution in [2.75, 3.05) is 6.54 Å². The van der Waals surface area contributed by atoms with Crippen molar-refractivity contribution in [3.8, 4) is 5.69 Å². The minimum Gasteiger partial charge on any atom is -0.351 e. The summed E-state index contributed by atoms with van der Waals surface area (Å²) in [5.41, 5.74) is 1.36. The SMILES string of the molecule is Cc1nn(-c2ccc(F)cc2F)c(C)c1C(=O)NCCc1n[nH]c(=S)n1C(C)C. The third-order valence-electron chi connectivity index (χ3n) is 4.58. The van der Waals surface area contributed by atoms with Crippen molar-refractivity contribution in [3.63, 3.8) is 0 Å². The number of amides is 1. The van der Waals surface area contributed by atoms with Gasteiger partial charge in [-0.05, 0) is 52.0 Å². The van der Waals surface area contributed by atoms with E-state index in [0.717, 1.165) is 18.0 Å². The quantitative estimate of drug-likeness (QED) is 0.598. The molecule has 1 aromatic carbocycles. The number of benzene rings is 1. The first-order valence-corrected chi connectivity index (χ1v) is 9.57. The van der Waals surface area contributed by atoms with Crippen LogP contribution in [0.1, 0.15) is 47.5 Å². The number of H-pyrrole nitrogens is 1. The normalized spacial score (nSPS) is 11.3. The van der Waals surface area contributed by atoms with Crippen LogP contribution < -0.4 is 5.32 Å². The van der Waals surface area contributed by atoms with E-state index in [1.54, 1.807) is 13.8 Å². The molecule has 0 aliphatic rings. The molecule has 0 saturated heterocycles. The van der Waals surface area contributed by atoms with E-state index >= 15 is 0 Å². The van der Waals surface area contributed by atoms with E-state index in [2.05, 4.69) is 20.6 Å². The Hall–Kier alpha value is -2.88. The Balaban J connectivity index is 1.77. The summed E-state index contributed by atoms with van der Waals surface area (Å²) in [5.74, 6) is -0.995. The first kappa shape index (κ1) is 20.8. The summed E-state index contributed by atoms with van der Waals surface area (Å²) in [5, 5.41) is 14.1. The number of aromatic nitrogens is 5. The summed E-state index contributed by atoms with van der Waals surface area (Å²) in [7, 11) is 0. The van der Waals surface area contributed by atoms with Crippen LogP contribution >= 0.6 is 12.2 Å². The van der Waals surface area contributed by atoms with Crippen LogP contribution in [0.5, 0.6) is 0 Å². The molecule has 29 heavy (non-hydrogen) atoms. The predicted octanol–water partition coefficient (Wildman–Crippen LogP) is 3.57. The van der Waals surface area contributed by atoms with Crippen molar-refractivity contribution in [2.45, 2.75) is 40.2 Å². The summed E-state index contributed by atoms with van der Waals surface area (Å²) in [4.78, 5) is 12.7. The zero-order valence-electron chi connectivity index (χ0n) is 16.6. The molecule has 0 bridgehead atoms. The van der Waals surface area contributed by atoms with E-state index in [4.69, 9.17) is 12.2 Å². The molecule has 7 nitrogen and oxygen atoms in total. The monoisotopic (exact) mass is 420 g/mol. The number of aromatic amines is 1. The molecule has 2 heterocycles. The van der Waals surface area contributed by atoms with Gasteiger partial charge in [-0.1, -0.05) is 0 Å². The summed E-state index contributed by atoms with van der Waals surface area (Å²) >= 11 is 5.22. The Morgan fingerprint density at radius 3 is 2.69 bits per heavy atom. The van der Waals surface area contributed by atoms with Crippen LogP contribution in [-0.4, -0.2) is 37.0 Å². The average molecular weight is 420 g/mol. The van der Waals surface area contributed by atoms with Gasteiger partial charge in [0.1, 0.15) is 17.3 Å². The van der Waals surface area contributed by atoms with Crippen molar-refractivity contribution in [2.24, 2.45) is 0 Å². The molecule has 0 spiro atoms. The smallest absolute Gasteiger partial charge is 0.255 e. The molecule has 2 N–H and O–H groups in total. The maximum absolute atomic E-state index is 14.1. The summed E-state index contributed by atoms with van der Waals surface area (Å²) in [6.45, 7) is 7.69. The molecule has 3 rings (SSSR count). The maximum Gasteiger partial charge on any atom is 0.255 e. The minimum atomic E-state index is -0.751. The van der Waals surface area contributed by atoms with Crippen molar-refractivity contribution in [3.05, 3.63) is 57.4 Å². The van der Waals surface area contributed by atoms with Gasteiger partial charge >= 0.3 is 0 Å². The fraction of sp³-hybridized carbons (Fsp3) is 0.368. The van der Waals surface area contributed by atoms with Gasteiger partial charge in [-0.3, -0.25) is 9.89 Å². The second kappa shape index (κ2) is 8.24. The summed E-state index contributed by atoms with van der Waals surface area (Å²) < 4.78 is 31.1. The van der Waals surface area contributed by atoms with Crippen molar-refractivity contribution in [1.29, 1.82) is 0 Å². The molecule has 0 atom stereocenters. The lowest BCUT2D eigenvalue weighted by Crippen LogP contribution is -2.27. The number of halogens is 2. The largest absolute Gasteiger partial charge is 0.351 e. The fourth-order valence-corrected chi connectivity index (χ4v) is 3.64. The van der Waals surface area contributed by atoms with Gasteiger partial charge in [0.2, 0.25) is 0 Å². The molecule has 154 valence electrons. The average Bonchev–Trinajstić information content (AvgIpc) is 3.14. The number of nitrogens with one attached hydrogen (secondary N) is 2. The maximum atomic E-state index is 14.1. The van der Waals surface area contributed by atoms with Crippen molar-refractivity contribution in [1.82, 2.24) is 29.9 Å². The van der Waals surface area contributed by atoms with Gasteiger partial charge in [0.25, 0.3) is 5.91 Å². The lowest BCUT2D eigenvalue weighted by molar-refractivity contribution is 0.0952. The molecule has 0 aliphatic heterocycles. The molecule has 0 radical (unpaired) electrons. The van der Waals surface area contributed by atoms with Gasteiger partial charge in [0.15, 0.2) is 10.6 Å². The number of carbonyl (C=O) groups is 1. The van der Waals surface area contributed by atoms with E-state index in [1.807, 2.05) is 18.4 Å². The first-order chi connectivity index (χ1) is 13.7. The third-order valence-corrected chi connectivity index (χ3v) is 4.87.